The summed E-state index contributed by atoms with van der Waals surface area (Å²) in [4.78, 5) is 79.4. The number of unbranched alkanes of at least 4 members (excludes halogenated alkanes) is 24. The number of carbonyl (C=O) groups is 3. The van der Waals surface area contributed by atoms with Crippen molar-refractivity contribution in [1.29, 1.82) is 0 Å². The molecule has 1 aliphatic carbocycles. The van der Waals surface area contributed by atoms with Gasteiger partial charge in [0.25, 0.3) is 0 Å². The van der Waals surface area contributed by atoms with Crippen molar-refractivity contribution in [3.63, 3.8) is 0 Å². The van der Waals surface area contributed by atoms with E-state index in [4.69, 9.17) is 23.3 Å². The molecule has 2 unspecified atom stereocenters. The number of ether oxygens (including phenoxy) is 3. The maximum absolute atomic E-state index is 13.4. The van der Waals surface area contributed by atoms with Crippen LogP contribution in [0.4, 0.5) is 0 Å². The third-order valence-electron chi connectivity index (χ3n) is 10.7. The first-order valence-electron chi connectivity index (χ1n) is 22.9. The van der Waals surface area contributed by atoms with Crippen molar-refractivity contribution in [1.82, 2.24) is 0 Å². The average molecular weight is 887 g/mol. The van der Waals surface area contributed by atoms with Gasteiger partial charge < -0.3 is 38.9 Å². The van der Waals surface area contributed by atoms with E-state index in [0.29, 0.717) is 38.5 Å². The van der Waals surface area contributed by atoms with E-state index in [2.05, 4.69) is 20.8 Å². The second kappa shape index (κ2) is 33.2. The fraction of sp³-hybridized carbons (Fsp3) is 0.929. The Hall–Kier alpha value is -1.41. The molecule has 17 heteroatoms. The van der Waals surface area contributed by atoms with Gasteiger partial charge in [-0.2, -0.15) is 0 Å². The number of phosphoric ester groups is 2. The monoisotopic (exact) mass is 886 g/mol. The van der Waals surface area contributed by atoms with Crippen LogP contribution in [-0.4, -0.2) is 79.2 Å². The number of esters is 3. The first-order valence-corrected chi connectivity index (χ1v) is 25.9. The summed E-state index contributed by atoms with van der Waals surface area (Å²) in [5.74, 6) is -2.57. The Labute approximate surface area is 354 Å². The van der Waals surface area contributed by atoms with Gasteiger partial charge in [-0.15, -0.1) is 0 Å². The van der Waals surface area contributed by atoms with Crippen LogP contribution in [0.25, 0.3) is 0 Å². The minimum Gasteiger partial charge on any atom is -0.455 e. The Morgan fingerprint density at radius 2 is 0.576 bits per heavy atom. The van der Waals surface area contributed by atoms with E-state index in [-0.39, 0.29) is 19.3 Å². The molecule has 348 valence electrons. The molecule has 1 fully saturated rings. The Kier molecular flexibility index (Phi) is 31.3. The summed E-state index contributed by atoms with van der Waals surface area (Å²) in [7, 11) is -11.0. The number of phosphoric acid groups is 2. The first kappa shape index (κ1) is 55.6. The quantitative estimate of drug-likeness (QED) is 0.0169. The second-order valence-corrected chi connectivity index (χ2v) is 18.6. The Balaban J connectivity index is 3.26. The predicted molar refractivity (Wildman–Crippen MR) is 225 cm³/mol. The smallest absolute Gasteiger partial charge is 0.455 e. The van der Waals surface area contributed by atoms with Crippen molar-refractivity contribution in [2.45, 2.75) is 250 Å². The molecule has 0 spiro atoms. The zero-order chi connectivity index (χ0) is 43.9. The Morgan fingerprint density at radius 3 is 0.797 bits per heavy atom. The third-order valence-corrected chi connectivity index (χ3v) is 11.8. The minimum absolute atomic E-state index is 0.124. The first-order chi connectivity index (χ1) is 28.1. The van der Waals surface area contributed by atoms with Gasteiger partial charge >= 0.3 is 33.6 Å². The van der Waals surface area contributed by atoms with Gasteiger partial charge in [0.2, 0.25) is 0 Å². The SMILES string of the molecule is CCCCCCCCCCCC(=O)OC1[C@@H](OC(=O)CCCCCCCCCCC)[C@H](OP(=O)(O)O)C(O)[C@@H](OP(=O)(O)O)[C@H]1OC(=O)CCCCCCCCCCC. The summed E-state index contributed by atoms with van der Waals surface area (Å²) in [6, 6.07) is 0. The predicted octanol–water partition coefficient (Wildman–Crippen LogP) is 9.81. The number of carbonyl (C=O) groups excluding carboxylic acids is 3. The lowest BCUT2D eigenvalue weighted by Gasteiger charge is -2.46. The van der Waals surface area contributed by atoms with Crippen LogP contribution in [0, 0.1) is 0 Å². The van der Waals surface area contributed by atoms with Crippen molar-refractivity contribution in [2.24, 2.45) is 0 Å². The summed E-state index contributed by atoms with van der Waals surface area (Å²) in [5, 5.41) is 11.4. The normalized spacial score (nSPS) is 21.0. The standard InChI is InChI=1S/C42H80O15P2/c1-4-7-10-13-16-19-22-25-28-31-34(43)53-40-38(56-58(47,48)49)37(46)39(57-59(50,51)52)41(54-35(44)32-29-26-23-20-17-14-11-8-5-2)42(40)55-36(45)33-30-27-24-21-18-15-12-9-6-3/h37-42,46H,4-33H2,1-3H3,(H2,47,48,49)(H2,50,51,52)/t37?,38-,39-,40-,41+,42?/m1/s1. The lowest BCUT2D eigenvalue weighted by atomic mass is 9.84. The topological polar surface area (TPSA) is 233 Å². The average Bonchev–Trinajstić information content (AvgIpc) is 3.16. The number of aliphatic hydroxyl groups excluding tert-OH is 1. The van der Waals surface area contributed by atoms with Gasteiger partial charge in [0.1, 0.15) is 18.3 Å². The lowest BCUT2D eigenvalue weighted by molar-refractivity contribution is -0.243. The molecule has 6 atom stereocenters. The van der Waals surface area contributed by atoms with Crippen molar-refractivity contribution in [2.75, 3.05) is 0 Å². The van der Waals surface area contributed by atoms with Crippen LogP contribution in [0.15, 0.2) is 0 Å². The highest BCUT2D eigenvalue weighted by Crippen LogP contribution is 2.47. The number of rotatable bonds is 37. The molecule has 0 heterocycles. The molecule has 1 rings (SSSR count). The summed E-state index contributed by atoms with van der Waals surface area (Å²) < 4.78 is 51.3. The largest absolute Gasteiger partial charge is 0.470 e. The molecule has 15 nitrogen and oxygen atoms in total. The van der Waals surface area contributed by atoms with E-state index in [1.807, 2.05) is 0 Å². The molecule has 0 radical (unpaired) electrons. The van der Waals surface area contributed by atoms with E-state index < -0.39 is 70.2 Å². The molecule has 0 aromatic heterocycles. The minimum atomic E-state index is -5.50. The molecular weight excluding hydrogens is 806 g/mol. The molecule has 59 heavy (non-hydrogen) atoms. The molecule has 1 saturated carbocycles. The Bertz CT molecular complexity index is 1140. The van der Waals surface area contributed by atoms with E-state index in [0.717, 1.165) is 96.3 Å². The maximum atomic E-state index is 13.4. The van der Waals surface area contributed by atoms with E-state index in [1.165, 1.54) is 38.5 Å². The molecule has 0 aliphatic heterocycles. The fourth-order valence-corrected chi connectivity index (χ4v) is 8.60. The second-order valence-electron chi connectivity index (χ2n) is 16.2. The van der Waals surface area contributed by atoms with Crippen LogP contribution < -0.4 is 0 Å². The van der Waals surface area contributed by atoms with Crippen molar-refractivity contribution in [3.8, 4) is 0 Å². The molecule has 0 amide bonds. The van der Waals surface area contributed by atoms with Gasteiger partial charge in [0.15, 0.2) is 18.3 Å². The summed E-state index contributed by atoms with van der Waals surface area (Å²) in [5.41, 5.74) is 0. The molecule has 0 saturated heterocycles. The summed E-state index contributed by atoms with van der Waals surface area (Å²) >= 11 is 0. The molecule has 5 N–H and O–H groups in total. The van der Waals surface area contributed by atoms with Gasteiger partial charge in [-0.25, -0.2) is 9.13 Å². The number of hydrogen-bond acceptors (Lipinski definition) is 11. The van der Waals surface area contributed by atoms with Crippen LogP contribution in [0.2, 0.25) is 0 Å². The zero-order valence-electron chi connectivity index (χ0n) is 36.4. The van der Waals surface area contributed by atoms with Gasteiger partial charge in [0, 0.05) is 19.3 Å². The van der Waals surface area contributed by atoms with Crippen LogP contribution >= 0.6 is 15.6 Å². The summed E-state index contributed by atoms with van der Waals surface area (Å²) in [6.07, 6.45) is 13.2. The van der Waals surface area contributed by atoms with E-state index >= 15 is 0 Å². The summed E-state index contributed by atoms with van der Waals surface area (Å²) in [6.45, 7) is 6.46. The highest BCUT2D eigenvalue weighted by Gasteiger charge is 2.60. The van der Waals surface area contributed by atoms with E-state index in [1.54, 1.807) is 0 Å². The molecule has 1 aliphatic rings. The number of aliphatic hydroxyl groups is 1. The van der Waals surface area contributed by atoms with Crippen LogP contribution in [0.1, 0.15) is 213 Å². The third kappa shape index (κ3) is 28.0. The highest BCUT2D eigenvalue weighted by atomic mass is 31.2. The molecule has 0 aromatic rings. The van der Waals surface area contributed by atoms with Crippen LogP contribution in [0.5, 0.6) is 0 Å². The van der Waals surface area contributed by atoms with Crippen molar-refractivity contribution >= 4 is 33.6 Å². The van der Waals surface area contributed by atoms with Gasteiger partial charge in [-0.05, 0) is 19.3 Å². The van der Waals surface area contributed by atoms with Gasteiger partial charge in [0.05, 0.1) is 0 Å². The van der Waals surface area contributed by atoms with Crippen molar-refractivity contribution < 1.29 is 71.5 Å². The maximum Gasteiger partial charge on any atom is 0.470 e. The fourth-order valence-electron chi connectivity index (χ4n) is 7.47. The highest BCUT2D eigenvalue weighted by molar-refractivity contribution is 7.46. The molecule has 0 bridgehead atoms. The lowest BCUT2D eigenvalue weighted by Crippen LogP contribution is -2.67. The molecular formula is C42H80O15P2. The van der Waals surface area contributed by atoms with E-state index in [9.17, 15) is 48.2 Å². The zero-order valence-corrected chi connectivity index (χ0v) is 38.2. The van der Waals surface area contributed by atoms with Gasteiger partial charge in [-0.1, -0.05) is 175 Å². The van der Waals surface area contributed by atoms with Crippen LogP contribution in [0.3, 0.4) is 0 Å². The van der Waals surface area contributed by atoms with Crippen molar-refractivity contribution in [3.05, 3.63) is 0 Å². The molecule has 0 aromatic carbocycles. The Morgan fingerprint density at radius 1 is 0.373 bits per heavy atom. The van der Waals surface area contributed by atoms with Gasteiger partial charge in [-0.3, -0.25) is 23.4 Å². The number of hydrogen-bond donors (Lipinski definition) is 5. The van der Waals surface area contributed by atoms with Crippen LogP contribution in [-0.2, 0) is 46.8 Å².